The van der Waals surface area contributed by atoms with E-state index in [2.05, 4.69) is 27.3 Å². The van der Waals surface area contributed by atoms with Crippen LogP contribution >= 0.6 is 0 Å². The van der Waals surface area contributed by atoms with E-state index in [-0.39, 0.29) is 0 Å². The molecule has 3 N–H and O–H groups in total. The van der Waals surface area contributed by atoms with Crippen LogP contribution in [0.1, 0.15) is 0 Å². The largest absolute Gasteiger partial charge is 0.332 e. The predicted molar refractivity (Wildman–Crippen MR) is 20.2 cm³/mol. The zero-order valence-electron chi connectivity index (χ0n) is 3.37. The number of tetrazole rings is 1. The van der Waals surface area contributed by atoms with Gasteiger partial charge in [-0.1, -0.05) is 10.1 Å². The molecule has 0 aliphatic carbocycles. The van der Waals surface area contributed by atoms with Crippen molar-refractivity contribution in [3.8, 4) is 0 Å². The van der Waals surface area contributed by atoms with Crippen LogP contribution in [0.2, 0.25) is 0 Å². The molecule has 6 nitrogen and oxygen atoms in total. The molecule has 1 aromatic rings. The zero-order chi connectivity index (χ0) is 5.11. The molecule has 0 aliphatic heterocycles. The number of nitrogens with one attached hydrogen (secondary N) is 1. The molecule has 0 spiro atoms. The molecule has 0 unspecified atom stereocenters. The zero-order valence-corrected chi connectivity index (χ0v) is 3.37. The van der Waals surface area contributed by atoms with Gasteiger partial charge in [-0.3, -0.25) is 0 Å². The van der Waals surface area contributed by atoms with Crippen LogP contribution in [0.15, 0.2) is 0 Å². The monoisotopic (exact) mass is 99.0 g/mol. The van der Waals surface area contributed by atoms with E-state index in [1.54, 1.807) is 0 Å². The first-order valence-electron chi connectivity index (χ1n) is 1.56. The Morgan fingerprint density at radius 2 is 2.57 bits per heavy atom. The van der Waals surface area contributed by atoms with Crippen LogP contribution in [0.25, 0.3) is 0 Å². The quantitative estimate of drug-likeness (QED) is 0.239. The van der Waals surface area contributed by atoms with Crippen LogP contribution in [0, 0.1) is 6.33 Å². The van der Waals surface area contributed by atoms with Gasteiger partial charge in [-0.15, -0.1) is 0 Å². The van der Waals surface area contributed by atoms with Crippen molar-refractivity contribution in [2.45, 2.75) is 0 Å². The van der Waals surface area contributed by atoms with Crippen molar-refractivity contribution < 1.29 is 0 Å². The molecular formula is CH3N6-. The maximum atomic E-state index is 4.82. The van der Waals surface area contributed by atoms with Gasteiger partial charge in [0.15, 0.2) is 0 Å². The summed E-state index contributed by atoms with van der Waals surface area (Å²) >= 11 is 0. The fourth-order valence-electron chi connectivity index (χ4n) is 0.199. The summed E-state index contributed by atoms with van der Waals surface area (Å²) in [5.74, 6) is 4.82. The molecule has 1 heterocycles. The first-order chi connectivity index (χ1) is 3.43. The number of hydrazine groups is 1. The highest BCUT2D eigenvalue weighted by atomic mass is 15.8. The van der Waals surface area contributed by atoms with E-state index in [9.17, 15) is 0 Å². The van der Waals surface area contributed by atoms with Crippen LogP contribution in [0.3, 0.4) is 0 Å². The molecule has 0 aliphatic rings. The standard InChI is InChI=1S/CH3N6/c2-5-7-4-1-3-6-7/h5H,2H2/q-1. The van der Waals surface area contributed by atoms with Crippen molar-refractivity contribution in [3.63, 3.8) is 0 Å². The van der Waals surface area contributed by atoms with E-state index in [1.807, 2.05) is 0 Å². The third-order valence-corrected chi connectivity index (χ3v) is 0.429. The number of hydrogen-bond donors (Lipinski definition) is 2. The highest BCUT2D eigenvalue weighted by molar-refractivity contribution is 4.38. The number of nitrogens with two attached hydrogens (primary N) is 1. The van der Waals surface area contributed by atoms with Crippen molar-refractivity contribution in [1.82, 2.24) is 20.3 Å². The molecule has 0 atom stereocenters. The Balaban J connectivity index is 2.76. The Kier molecular flexibility index (Phi) is 0.868. The van der Waals surface area contributed by atoms with Gasteiger partial charge in [-0.05, 0) is 0 Å². The molecule has 7 heavy (non-hydrogen) atoms. The molecule has 0 saturated heterocycles. The summed E-state index contributed by atoms with van der Waals surface area (Å²) in [6.45, 7) is 0. The van der Waals surface area contributed by atoms with Crippen molar-refractivity contribution in [1.29, 1.82) is 0 Å². The van der Waals surface area contributed by atoms with E-state index in [1.165, 1.54) is 0 Å². The van der Waals surface area contributed by atoms with E-state index in [0.29, 0.717) is 0 Å². The second-order valence-electron chi connectivity index (χ2n) is 0.808. The first kappa shape index (κ1) is 4.00. The van der Waals surface area contributed by atoms with Gasteiger partial charge in [0.1, 0.15) is 0 Å². The summed E-state index contributed by atoms with van der Waals surface area (Å²) < 4.78 is 0. The summed E-state index contributed by atoms with van der Waals surface area (Å²) in [4.78, 5) is 0.986. The Morgan fingerprint density at radius 1 is 1.71 bits per heavy atom. The van der Waals surface area contributed by atoms with E-state index in [4.69, 9.17) is 5.84 Å². The van der Waals surface area contributed by atoms with Crippen molar-refractivity contribution in [2.24, 2.45) is 5.84 Å². The lowest BCUT2D eigenvalue weighted by atomic mass is 11.4. The second kappa shape index (κ2) is 1.52. The summed E-state index contributed by atoms with van der Waals surface area (Å²) in [7, 11) is 0. The van der Waals surface area contributed by atoms with Gasteiger partial charge in [0.25, 0.3) is 0 Å². The third kappa shape index (κ3) is 0.631. The number of nitrogens with zero attached hydrogens (tertiary/aromatic N) is 4. The highest BCUT2D eigenvalue weighted by Crippen LogP contribution is 1.54. The van der Waals surface area contributed by atoms with E-state index in [0.717, 1.165) is 4.91 Å². The van der Waals surface area contributed by atoms with Crippen LogP contribution in [0.5, 0.6) is 0 Å². The Morgan fingerprint density at radius 3 is 2.86 bits per heavy atom. The second-order valence-corrected chi connectivity index (χ2v) is 0.808. The molecule has 1 rings (SSSR count). The molecule has 0 fully saturated rings. The molecule has 0 aromatic carbocycles. The Hall–Kier alpha value is -1.17. The minimum atomic E-state index is 0.986. The average Bonchev–Trinajstić information content (AvgIpc) is 2.14. The lowest BCUT2D eigenvalue weighted by Gasteiger charge is -1.92. The van der Waals surface area contributed by atoms with Crippen LogP contribution in [-0.4, -0.2) is 20.3 Å². The van der Waals surface area contributed by atoms with Gasteiger partial charge in [0.05, 0.1) is 0 Å². The summed E-state index contributed by atoms with van der Waals surface area (Å²) in [6, 6.07) is 0. The summed E-state index contributed by atoms with van der Waals surface area (Å²) in [6.07, 6.45) is 2.19. The van der Waals surface area contributed by atoms with Gasteiger partial charge in [0.2, 0.25) is 0 Å². The molecule has 0 amide bonds. The summed E-state index contributed by atoms with van der Waals surface area (Å²) in [5, 5.41) is 9.89. The lowest BCUT2D eigenvalue weighted by Crippen LogP contribution is -2.23. The van der Waals surface area contributed by atoms with Gasteiger partial charge in [0, 0.05) is 0 Å². The van der Waals surface area contributed by atoms with Gasteiger partial charge in [-0.25, -0.2) is 17.7 Å². The maximum Gasteiger partial charge on any atom is -0.0663 e. The van der Waals surface area contributed by atoms with E-state index >= 15 is 0 Å². The van der Waals surface area contributed by atoms with Gasteiger partial charge >= 0.3 is 0 Å². The topological polar surface area (TPSA) is 81.6 Å². The normalized spacial score (nSPS) is 8.71. The van der Waals surface area contributed by atoms with Crippen molar-refractivity contribution in [3.05, 3.63) is 6.33 Å². The molecule has 1 aromatic heterocycles. The molecule has 6 heteroatoms. The lowest BCUT2D eigenvalue weighted by molar-refractivity contribution is 0.626. The highest BCUT2D eigenvalue weighted by Gasteiger charge is 1.68. The average molecular weight is 99.1 g/mol. The van der Waals surface area contributed by atoms with Gasteiger partial charge < -0.3 is 10.2 Å². The third-order valence-electron chi connectivity index (χ3n) is 0.429. The van der Waals surface area contributed by atoms with Crippen LogP contribution in [0.4, 0.5) is 0 Å². The van der Waals surface area contributed by atoms with Crippen LogP contribution in [-0.2, 0) is 0 Å². The fraction of sp³-hybridized carbons (Fsp3) is 0. The van der Waals surface area contributed by atoms with Crippen molar-refractivity contribution >= 4 is 0 Å². The fourth-order valence-corrected chi connectivity index (χ4v) is 0.199. The smallest absolute Gasteiger partial charge is 0.0663 e. The van der Waals surface area contributed by atoms with Gasteiger partial charge in [-0.2, -0.15) is 0 Å². The number of aromatic nitrogens is 4. The predicted octanol–water partition coefficient (Wildman–Crippen LogP) is -2.11. The molecular weight excluding hydrogens is 96.1 g/mol. The molecule has 38 valence electrons. The number of nitrogen functional groups attached to an aromatic ring is 1. The summed E-state index contributed by atoms with van der Waals surface area (Å²) in [5.41, 5.74) is 2.11. The minimum absolute atomic E-state index is 0.986. The number of rotatable bonds is 1. The van der Waals surface area contributed by atoms with Crippen molar-refractivity contribution in [2.75, 3.05) is 5.53 Å². The van der Waals surface area contributed by atoms with E-state index < -0.39 is 0 Å². The Bertz CT molecular complexity index is 119. The van der Waals surface area contributed by atoms with Crippen LogP contribution < -0.4 is 11.4 Å². The first-order valence-corrected chi connectivity index (χ1v) is 1.56. The Labute approximate surface area is 39.2 Å². The minimum Gasteiger partial charge on any atom is -0.332 e. The SMILES string of the molecule is NNn1n[c-]nn1. The molecule has 0 radical (unpaired) electrons. The molecule has 0 bridgehead atoms. The molecule has 0 saturated carbocycles. The maximum absolute atomic E-state index is 4.82. The number of hydrogen-bond acceptors (Lipinski definition) is 5.